The Bertz CT molecular complexity index is 1240. The van der Waals surface area contributed by atoms with Crippen molar-refractivity contribution in [2.45, 2.75) is 19.9 Å². The topological polar surface area (TPSA) is 107 Å². The van der Waals surface area contributed by atoms with E-state index >= 15 is 0 Å². The van der Waals surface area contributed by atoms with E-state index in [-0.39, 0.29) is 0 Å². The molecule has 8 nitrogen and oxygen atoms in total. The predicted octanol–water partition coefficient (Wildman–Crippen LogP) is 4.09. The quantitative estimate of drug-likeness (QED) is 0.345. The van der Waals surface area contributed by atoms with Crippen molar-refractivity contribution < 1.29 is 9.53 Å². The van der Waals surface area contributed by atoms with Crippen molar-refractivity contribution in [1.82, 2.24) is 14.5 Å². The number of imidazole rings is 1. The first-order valence-electron chi connectivity index (χ1n) is 10.4. The van der Waals surface area contributed by atoms with Crippen molar-refractivity contribution in [3.63, 3.8) is 0 Å². The van der Waals surface area contributed by atoms with Crippen LogP contribution in [-0.2, 0) is 6.54 Å². The van der Waals surface area contributed by atoms with Gasteiger partial charge in [0.1, 0.15) is 5.75 Å². The van der Waals surface area contributed by atoms with E-state index in [0.29, 0.717) is 17.0 Å². The number of pyridine rings is 1. The summed E-state index contributed by atoms with van der Waals surface area (Å²) in [5.74, 6) is 0.118. The molecule has 0 saturated heterocycles. The number of fused-ring (bicyclic) bond motifs is 1. The summed E-state index contributed by atoms with van der Waals surface area (Å²) in [7, 11) is 1.62. The van der Waals surface area contributed by atoms with E-state index in [1.54, 1.807) is 19.6 Å². The third-order valence-corrected chi connectivity index (χ3v) is 5.33. The van der Waals surface area contributed by atoms with Crippen LogP contribution in [-0.4, -0.2) is 34.1 Å². The predicted molar refractivity (Wildman–Crippen MR) is 127 cm³/mol. The number of hydrogen-bond donors (Lipinski definition) is 3. The van der Waals surface area contributed by atoms with Gasteiger partial charge in [-0.15, -0.1) is 0 Å². The van der Waals surface area contributed by atoms with Gasteiger partial charge in [0, 0.05) is 42.8 Å². The van der Waals surface area contributed by atoms with Crippen LogP contribution in [0.4, 0.5) is 17.1 Å². The Morgan fingerprint density at radius 2 is 2.06 bits per heavy atom. The minimum absolute atomic E-state index is 0.323. The highest BCUT2D eigenvalue weighted by Crippen LogP contribution is 2.36. The zero-order valence-electron chi connectivity index (χ0n) is 18.1. The van der Waals surface area contributed by atoms with Gasteiger partial charge in [-0.25, -0.2) is 4.98 Å². The molecule has 2 heterocycles. The van der Waals surface area contributed by atoms with Gasteiger partial charge in [0.2, 0.25) is 0 Å². The number of rotatable bonds is 9. The van der Waals surface area contributed by atoms with Crippen molar-refractivity contribution in [3.8, 4) is 5.75 Å². The van der Waals surface area contributed by atoms with Crippen LogP contribution in [0.25, 0.3) is 10.9 Å². The monoisotopic (exact) mass is 430 g/mol. The van der Waals surface area contributed by atoms with E-state index in [0.717, 1.165) is 47.4 Å². The number of ether oxygens (including phenoxy) is 1. The Labute approximate surface area is 186 Å². The summed E-state index contributed by atoms with van der Waals surface area (Å²) in [5.41, 5.74) is 10.1. The van der Waals surface area contributed by atoms with Gasteiger partial charge in [0.05, 0.1) is 35.9 Å². The molecule has 2 aromatic carbocycles. The summed E-state index contributed by atoms with van der Waals surface area (Å²) in [6, 6.07) is 11.7. The minimum atomic E-state index is -0.545. The number of aryl methyl sites for hydroxylation is 2. The molecule has 0 fully saturated rings. The molecule has 0 aliphatic heterocycles. The summed E-state index contributed by atoms with van der Waals surface area (Å²) >= 11 is 0. The molecule has 2 aromatic heterocycles. The molecule has 8 heteroatoms. The van der Waals surface area contributed by atoms with E-state index in [9.17, 15) is 4.79 Å². The summed E-state index contributed by atoms with van der Waals surface area (Å²) < 4.78 is 7.67. The van der Waals surface area contributed by atoms with E-state index in [1.807, 2.05) is 54.1 Å². The summed E-state index contributed by atoms with van der Waals surface area (Å²) in [6.45, 7) is 3.63. The van der Waals surface area contributed by atoms with Crippen LogP contribution >= 0.6 is 0 Å². The summed E-state index contributed by atoms with van der Waals surface area (Å²) in [6.07, 6.45) is 7.96. The summed E-state index contributed by atoms with van der Waals surface area (Å²) in [4.78, 5) is 20.7. The SMILES string of the molecule is COc1cc2c(Nc3ccccc3C)c(C(N)=O)cnc2cc1NCCCn1ccnc1. The van der Waals surface area contributed by atoms with Crippen LogP contribution in [0.15, 0.2) is 61.3 Å². The van der Waals surface area contributed by atoms with Crippen molar-refractivity contribution in [2.24, 2.45) is 5.73 Å². The van der Waals surface area contributed by atoms with E-state index in [1.165, 1.54) is 6.20 Å². The minimum Gasteiger partial charge on any atom is -0.495 e. The van der Waals surface area contributed by atoms with Gasteiger partial charge < -0.3 is 25.7 Å². The van der Waals surface area contributed by atoms with E-state index in [4.69, 9.17) is 10.5 Å². The van der Waals surface area contributed by atoms with Crippen LogP contribution in [0.2, 0.25) is 0 Å². The van der Waals surface area contributed by atoms with Gasteiger partial charge in [-0.2, -0.15) is 0 Å². The maximum atomic E-state index is 12.1. The Morgan fingerprint density at radius 1 is 1.22 bits per heavy atom. The van der Waals surface area contributed by atoms with Crippen molar-refractivity contribution in [2.75, 3.05) is 24.3 Å². The molecular weight excluding hydrogens is 404 g/mol. The summed E-state index contributed by atoms with van der Waals surface area (Å²) in [5, 5.41) is 7.56. The van der Waals surface area contributed by atoms with Crippen LogP contribution in [0.5, 0.6) is 5.75 Å². The average molecular weight is 431 g/mol. The van der Waals surface area contributed by atoms with Crippen LogP contribution < -0.4 is 21.1 Å². The van der Waals surface area contributed by atoms with Crippen LogP contribution in [0.3, 0.4) is 0 Å². The van der Waals surface area contributed by atoms with Gasteiger partial charge in [0.15, 0.2) is 0 Å². The number of nitrogens with zero attached hydrogens (tertiary/aromatic N) is 3. The molecule has 0 aliphatic carbocycles. The molecule has 164 valence electrons. The number of benzene rings is 2. The molecule has 0 spiro atoms. The zero-order valence-corrected chi connectivity index (χ0v) is 18.1. The maximum Gasteiger partial charge on any atom is 0.252 e. The van der Waals surface area contributed by atoms with Gasteiger partial charge >= 0.3 is 0 Å². The van der Waals surface area contributed by atoms with E-state index < -0.39 is 5.91 Å². The number of methoxy groups -OCH3 is 1. The number of amides is 1. The molecule has 0 radical (unpaired) electrons. The van der Waals surface area contributed by atoms with Crippen molar-refractivity contribution in [1.29, 1.82) is 0 Å². The highest BCUT2D eigenvalue weighted by molar-refractivity contribution is 6.08. The van der Waals surface area contributed by atoms with Gasteiger partial charge in [0.25, 0.3) is 5.91 Å². The lowest BCUT2D eigenvalue weighted by Crippen LogP contribution is -2.14. The molecule has 0 bridgehead atoms. The highest BCUT2D eigenvalue weighted by atomic mass is 16.5. The lowest BCUT2D eigenvalue weighted by atomic mass is 10.1. The van der Waals surface area contributed by atoms with Crippen molar-refractivity contribution in [3.05, 3.63) is 72.4 Å². The number of carbonyl (C=O) groups is 1. The maximum absolute atomic E-state index is 12.1. The number of anilines is 3. The number of nitrogens with one attached hydrogen (secondary N) is 2. The lowest BCUT2D eigenvalue weighted by Gasteiger charge is -2.17. The Kier molecular flexibility index (Phi) is 6.21. The smallest absolute Gasteiger partial charge is 0.252 e. The first kappa shape index (κ1) is 21.2. The fourth-order valence-electron chi connectivity index (χ4n) is 3.60. The first-order valence-corrected chi connectivity index (χ1v) is 10.4. The molecule has 4 N–H and O–H groups in total. The second kappa shape index (κ2) is 9.38. The molecule has 0 unspecified atom stereocenters. The number of primary amides is 1. The number of aromatic nitrogens is 3. The molecule has 0 aliphatic rings. The Hall–Kier alpha value is -4.07. The second-order valence-corrected chi connectivity index (χ2v) is 7.50. The van der Waals surface area contributed by atoms with Crippen LogP contribution in [0.1, 0.15) is 22.3 Å². The Morgan fingerprint density at radius 3 is 2.78 bits per heavy atom. The molecule has 32 heavy (non-hydrogen) atoms. The molecule has 0 atom stereocenters. The first-order chi connectivity index (χ1) is 15.6. The lowest BCUT2D eigenvalue weighted by molar-refractivity contribution is 0.100. The number of nitrogens with two attached hydrogens (primary N) is 1. The van der Waals surface area contributed by atoms with Crippen molar-refractivity contribution >= 4 is 33.9 Å². The number of carbonyl (C=O) groups excluding carboxylic acids is 1. The highest BCUT2D eigenvalue weighted by Gasteiger charge is 2.17. The zero-order chi connectivity index (χ0) is 22.5. The van der Waals surface area contributed by atoms with Crippen LogP contribution in [0, 0.1) is 6.92 Å². The average Bonchev–Trinajstić information content (AvgIpc) is 3.31. The number of para-hydroxylation sites is 1. The normalized spacial score (nSPS) is 10.8. The third kappa shape index (κ3) is 4.49. The Balaban J connectivity index is 1.66. The van der Waals surface area contributed by atoms with Gasteiger partial charge in [-0.1, -0.05) is 18.2 Å². The molecule has 4 aromatic rings. The molecule has 4 rings (SSSR count). The number of hydrogen-bond acceptors (Lipinski definition) is 6. The molecular formula is C24H26N6O2. The fourth-order valence-corrected chi connectivity index (χ4v) is 3.60. The largest absolute Gasteiger partial charge is 0.495 e. The van der Waals surface area contributed by atoms with E-state index in [2.05, 4.69) is 20.6 Å². The third-order valence-electron chi connectivity index (χ3n) is 5.33. The standard InChI is InChI=1S/C24H26N6O2/c1-16-6-3-4-7-19(16)29-23-17-12-22(32-2)21(13-20(17)28-14-18(23)24(25)31)27-8-5-10-30-11-9-26-15-30/h3-4,6-7,9,11-15,27H,5,8,10H2,1-2H3,(H2,25,31)(H,28,29). The fraction of sp³-hybridized carbons (Fsp3) is 0.208. The van der Waals surface area contributed by atoms with Gasteiger partial charge in [-0.05, 0) is 37.1 Å². The van der Waals surface area contributed by atoms with Gasteiger partial charge in [-0.3, -0.25) is 9.78 Å². The molecule has 1 amide bonds. The second-order valence-electron chi connectivity index (χ2n) is 7.50. The molecule has 0 saturated carbocycles.